The van der Waals surface area contributed by atoms with E-state index in [0.29, 0.717) is 0 Å². The van der Waals surface area contributed by atoms with Gasteiger partial charge in [-0.1, -0.05) is 72.8 Å². The van der Waals surface area contributed by atoms with Crippen molar-refractivity contribution in [2.24, 2.45) is 0 Å². The van der Waals surface area contributed by atoms with Crippen LogP contribution in [0.1, 0.15) is 17.5 Å². The fraction of sp³-hybridized carbons (Fsp3) is 0.0435. The topological polar surface area (TPSA) is 0 Å². The summed E-state index contributed by atoms with van der Waals surface area (Å²) in [6.07, 6.45) is 5.49. The monoisotopic (exact) mass is 312 g/mol. The van der Waals surface area contributed by atoms with Crippen LogP contribution in [0, 0.1) is 5.82 Å². The lowest BCUT2D eigenvalue weighted by molar-refractivity contribution is 0.628. The largest absolute Gasteiger partial charge is 0.207 e. The van der Waals surface area contributed by atoms with Crippen LogP contribution in [0.3, 0.4) is 0 Å². The van der Waals surface area contributed by atoms with Crippen LogP contribution in [-0.2, 0) is 0 Å². The van der Waals surface area contributed by atoms with E-state index < -0.39 is 0 Å². The molecule has 0 saturated heterocycles. The third kappa shape index (κ3) is 2.93. The van der Waals surface area contributed by atoms with Crippen molar-refractivity contribution in [2.75, 3.05) is 0 Å². The van der Waals surface area contributed by atoms with Crippen molar-refractivity contribution < 1.29 is 4.39 Å². The second-order valence-electron chi connectivity index (χ2n) is 5.99. The molecule has 3 aromatic rings. The quantitative estimate of drug-likeness (QED) is 0.527. The van der Waals surface area contributed by atoms with Gasteiger partial charge in [0.05, 0.1) is 0 Å². The second-order valence-corrected chi connectivity index (χ2v) is 5.99. The summed E-state index contributed by atoms with van der Waals surface area (Å²) in [6, 6.07) is 25.6. The first-order valence-electron chi connectivity index (χ1n) is 8.12. The molecule has 0 saturated carbocycles. The number of allylic oxidation sites excluding steroid dienone is 4. The summed E-state index contributed by atoms with van der Waals surface area (Å²) in [5.74, 6) is -0.205. The van der Waals surface area contributed by atoms with E-state index in [1.807, 2.05) is 18.2 Å². The Morgan fingerprint density at radius 2 is 1.33 bits per heavy atom. The fourth-order valence-electron chi connectivity index (χ4n) is 3.10. The molecule has 0 aliphatic heterocycles. The number of halogens is 1. The number of hydrogen-bond donors (Lipinski definition) is 0. The Labute approximate surface area is 141 Å². The molecule has 3 aromatic carbocycles. The van der Waals surface area contributed by atoms with Gasteiger partial charge in [0.1, 0.15) is 5.82 Å². The number of hydrogen-bond acceptors (Lipinski definition) is 0. The third-order valence-electron chi connectivity index (χ3n) is 4.39. The summed E-state index contributed by atoms with van der Waals surface area (Å²) < 4.78 is 13.1. The van der Waals surface area contributed by atoms with Crippen molar-refractivity contribution in [1.29, 1.82) is 0 Å². The molecule has 0 fully saturated rings. The Hall–Kier alpha value is -2.93. The molecule has 1 heteroatoms. The lowest BCUT2D eigenvalue weighted by Crippen LogP contribution is -1.83. The summed E-state index contributed by atoms with van der Waals surface area (Å²) in [4.78, 5) is 0. The van der Waals surface area contributed by atoms with Crippen molar-refractivity contribution in [2.45, 2.75) is 6.42 Å². The highest BCUT2D eigenvalue weighted by Crippen LogP contribution is 2.33. The van der Waals surface area contributed by atoms with Gasteiger partial charge >= 0.3 is 0 Å². The molecule has 0 heterocycles. The molecule has 1 aliphatic carbocycles. The Morgan fingerprint density at radius 1 is 0.625 bits per heavy atom. The molecule has 116 valence electrons. The van der Waals surface area contributed by atoms with E-state index in [9.17, 15) is 4.39 Å². The van der Waals surface area contributed by atoms with Crippen LogP contribution >= 0.6 is 0 Å². The predicted octanol–water partition coefficient (Wildman–Crippen LogP) is 6.36. The number of rotatable bonds is 3. The highest BCUT2D eigenvalue weighted by molar-refractivity contribution is 5.90. The smallest absolute Gasteiger partial charge is 0.123 e. The van der Waals surface area contributed by atoms with Crippen LogP contribution in [0.25, 0.3) is 22.3 Å². The first kappa shape index (κ1) is 14.6. The summed E-state index contributed by atoms with van der Waals surface area (Å²) in [5.41, 5.74) is 7.20. The first-order chi connectivity index (χ1) is 11.8. The molecule has 0 bridgehead atoms. The zero-order valence-corrected chi connectivity index (χ0v) is 13.2. The molecular formula is C23H17F. The highest BCUT2D eigenvalue weighted by atomic mass is 19.1. The predicted molar refractivity (Wildman–Crippen MR) is 98.8 cm³/mol. The van der Waals surface area contributed by atoms with E-state index in [2.05, 4.69) is 60.7 Å². The Kier molecular flexibility index (Phi) is 3.84. The summed E-state index contributed by atoms with van der Waals surface area (Å²) >= 11 is 0. The van der Waals surface area contributed by atoms with Gasteiger partial charge in [-0.15, -0.1) is 0 Å². The maximum atomic E-state index is 13.1. The van der Waals surface area contributed by atoms with E-state index >= 15 is 0 Å². The normalized spacial score (nSPS) is 13.5. The van der Waals surface area contributed by atoms with E-state index in [1.54, 1.807) is 0 Å². The lowest BCUT2D eigenvalue weighted by Gasteiger charge is -2.06. The number of benzene rings is 3. The maximum absolute atomic E-state index is 13.1. The van der Waals surface area contributed by atoms with Gasteiger partial charge in [0.25, 0.3) is 0 Å². The Balaban J connectivity index is 1.65. The molecule has 0 radical (unpaired) electrons. The zero-order valence-electron chi connectivity index (χ0n) is 13.2. The molecule has 0 amide bonds. The lowest BCUT2D eigenvalue weighted by atomic mass is 9.99. The molecule has 0 nitrogen and oxygen atoms in total. The summed E-state index contributed by atoms with van der Waals surface area (Å²) in [7, 11) is 0. The maximum Gasteiger partial charge on any atom is 0.123 e. The van der Waals surface area contributed by atoms with Crippen molar-refractivity contribution in [3.63, 3.8) is 0 Å². The fourth-order valence-corrected chi connectivity index (χ4v) is 3.10. The minimum absolute atomic E-state index is 0.205. The van der Waals surface area contributed by atoms with Crippen molar-refractivity contribution in [3.8, 4) is 11.1 Å². The second kappa shape index (κ2) is 6.29. The molecule has 0 atom stereocenters. The van der Waals surface area contributed by atoms with Gasteiger partial charge in [-0.05, 0) is 58.0 Å². The van der Waals surface area contributed by atoms with Gasteiger partial charge in [0.15, 0.2) is 0 Å². The van der Waals surface area contributed by atoms with Crippen LogP contribution in [0.4, 0.5) is 4.39 Å². The van der Waals surface area contributed by atoms with Crippen LogP contribution in [0.5, 0.6) is 0 Å². The molecule has 0 N–H and O–H groups in total. The van der Waals surface area contributed by atoms with Gasteiger partial charge in [-0.2, -0.15) is 0 Å². The average Bonchev–Trinajstić information content (AvgIpc) is 3.13. The SMILES string of the molecule is Fc1ccc(-c2cccc(C3=CCC(c4ccccc4)=C3)c2)cc1. The highest BCUT2D eigenvalue weighted by Gasteiger charge is 2.11. The van der Waals surface area contributed by atoms with Gasteiger partial charge < -0.3 is 0 Å². The molecule has 24 heavy (non-hydrogen) atoms. The zero-order chi connectivity index (χ0) is 16.4. The van der Waals surface area contributed by atoms with Crippen LogP contribution < -0.4 is 0 Å². The molecule has 4 rings (SSSR count). The molecule has 1 aliphatic rings. The Morgan fingerprint density at radius 3 is 2.12 bits per heavy atom. The van der Waals surface area contributed by atoms with Crippen molar-refractivity contribution >= 4 is 11.1 Å². The Bertz CT molecular complexity index is 916. The van der Waals surface area contributed by atoms with Gasteiger partial charge in [0, 0.05) is 0 Å². The standard InChI is InChI=1S/C23H17F/c24-23-13-11-18(12-14-23)19-7-4-8-20(15-19)22-10-9-21(16-22)17-5-2-1-3-6-17/h1-8,10-16H,9H2. The average molecular weight is 312 g/mol. The van der Waals surface area contributed by atoms with E-state index in [-0.39, 0.29) is 5.82 Å². The third-order valence-corrected chi connectivity index (χ3v) is 4.39. The minimum atomic E-state index is -0.205. The molecule has 0 aromatic heterocycles. The van der Waals surface area contributed by atoms with Crippen LogP contribution in [0.15, 0.2) is 91.0 Å². The molecular weight excluding hydrogens is 295 g/mol. The van der Waals surface area contributed by atoms with Crippen molar-refractivity contribution in [3.05, 3.63) is 108 Å². The minimum Gasteiger partial charge on any atom is -0.207 e. The first-order valence-corrected chi connectivity index (χ1v) is 8.12. The summed E-state index contributed by atoms with van der Waals surface area (Å²) in [5, 5.41) is 0. The van der Waals surface area contributed by atoms with E-state index in [0.717, 1.165) is 17.5 Å². The molecule has 0 unspecified atom stereocenters. The summed E-state index contributed by atoms with van der Waals surface area (Å²) in [6.45, 7) is 0. The van der Waals surface area contributed by atoms with E-state index in [4.69, 9.17) is 0 Å². The van der Waals surface area contributed by atoms with Gasteiger partial charge in [-0.25, -0.2) is 4.39 Å². The van der Waals surface area contributed by atoms with Crippen molar-refractivity contribution in [1.82, 2.24) is 0 Å². The molecule has 0 spiro atoms. The van der Waals surface area contributed by atoms with Gasteiger partial charge in [0.2, 0.25) is 0 Å². The van der Waals surface area contributed by atoms with Crippen LogP contribution in [0.2, 0.25) is 0 Å². The van der Waals surface area contributed by atoms with E-state index in [1.165, 1.54) is 34.4 Å². The van der Waals surface area contributed by atoms with Crippen LogP contribution in [-0.4, -0.2) is 0 Å². The van der Waals surface area contributed by atoms with Gasteiger partial charge in [-0.3, -0.25) is 0 Å².